The van der Waals surface area contributed by atoms with Crippen LogP contribution in [0.5, 0.6) is 0 Å². The van der Waals surface area contributed by atoms with E-state index < -0.39 is 9.84 Å². The predicted molar refractivity (Wildman–Crippen MR) is 115 cm³/mol. The van der Waals surface area contributed by atoms with Crippen molar-refractivity contribution in [1.82, 2.24) is 9.97 Å². The Bertz CT molecular complexity index is 1120. The predicted octanol–water partition coefficient (Wildman–Crippen LogP) is 4.85. The van der Waals surface area contributed by atoms with E-state index in [1.165, 1.54) is 41.3 Å². The van der Waals surface area contributed by atoms with Gasteiger partial charge in [-0.25, -0.2) is 18.4 Å². The van der Waals surface area contributed by atoms with E-state index in [-0.39, 0.29) is 6.04 Å². The maximum Gasteiger partial charge on any atom is 0.175 e. The van der Waals surface area contributed by atoms with Crippen molar-refractivity contribution in [3.63, 3.8) is 0 Å². The van der Waals surface area contributed by atoms with Crippen LogP contribution < -0.4 is 5.32 Å². The molecule has 1 N–H and O–H groups in total. The van der Waals surface area contributed by atoms with Gasteiger partial charge in [-0.3, -0.25) is 0 Å². The zero-order chi connectivity index (χ0) is 19.9. The minimum atomic E-state index is -3.18. The van der Waals surface area contributed by atoms with Gasteiger partial charge in [-0.2, -0.15) is 0 Å². The molecule has 0 spiro atoms. The van der Waals surface area contributed by atoms with Crippen molar-refractivity contribution in [2.45, 2.75) is 56.9 Å². The fourth-order valence-corrected chi connectivity index (χ4v) is 5.77. The topological polar surface area (TPSA) is 72.0 Å². The van der Waals surface area contributed by atoms with E-state index >= 15 is 0 Å². The third kappa shape index (κ3) is 3.78. The zero-order valence-electron chi connectivity index (χ0n) is 16.4. The van der Waals surface area contributed by atoms with Crippen LogP contribution in [-0.2, 0) is 22.7 Å². The van der Waals surface area contributed by atoms with Gasteiger partial charge in [0.25, 0.3) is 0 Å². The second kappa shape index (κ2) is 7.44. The first kappa shape index (κ1) is 19.3. The lowest BCUT2D eigenvalue weighted by Crippen LogP contribution is -2.10. The van der Waals surface area contributed by atoms with Gasteiger partial charge in [0.2, 0.25) is 0 Å². The van der Waals surface area contributed by atoms with Crippen LogP contribution in [0.1, 0.15) is 54.1 Å². The molecule has 0 bridgehead atoms. The first-order valence-electron chi connectivity index (χ1n) is 9.68. The van der Waals surface area contributed by atoms with E-state index in [0.717, 1.165) is 34.9 Å². The van der Waals surface area contributed by atoms with Gasteiger partial charge in [-0.05, 0) is 62.8 Å². The standard InChI is InChI=1S/C21H25N3O2S2/c1-13(15-9-11-16(12-10-15)28(3,25)26)22-20-19-17-7-5-4-6-8-18(17)27-21(19)24-14(2)23-20/h9-13H,4-8H2,1-3H3,(H,22,23,24)/t13-/m0/s1. The minimum Gasteiger partial charge on any atom is -0.363 e. The molecule has 0 saturated heterocycles. The molecule has 5 nitrogen and oxygen atoms in total. The first-order chi connectivity index (χ1) is 13.3. The van der Waals surface area contributed by atoms with Gasteiger partial charge in [0.15, 0.2) is 9.84 Å². The van der Waals surface area contributed by atoms with E-state index in [9.17, 15) is 8.42 Å². The summed E-state index contributed by atoms with van der Waals surface area (Å²) in [5.41, 5.74) is 2.44. The van der Waals surface area contributed by atoms with Crippen LogP contribution in [0.4, 0.5) is 5.82 Å². The van der Waals surface area contributed by atoms with E-state index in [0.29, 0.717) is 4.90 Å². The Morgan fingerprint density at radius 2 is 1.79 bits per heavy atom. The molecule has 28 heavy (non-hydrogen) atoms. The normalized spacial score (nSPS) is 15.8. The van der Waals surface area contributed by atoms with E-state index in [1.807, 2.05) is 30.4 Å². The van der Waals surface area contributed by atoms with Crippen molar-refractivity contribution >= 4 is 37.2 Å². The molecule has 148 valence electrons. The maximum atomic E-state index is 11.7. The molecule has 2 heterocycles. The van der Waals surface area contributed by atoms with E-state index in [4.69, 9.17) is 9.97 Å². The Hall–Kier alpha value is -1.99. The number of aryl methyl sites for hydroxylation is 3. The molecule has 0 saturated carbocycles. The molecule has 7 heteroatoms. The summed E-state index contributed by atoms with van der Waals surface area (Å²) in [6, 6.07) is 7.08. The summed E-state index contributed by atoms with van der Waals surface area (Å²) in [5, 5.41) is 4.74. The van der Waals surface area contributed by atoms with Crippen molar-refractivity contribution < 1.29 is 8.42 Å². The first-order valence-corrected chi connectivity index (χ1v) is 12.4. The number of nitrogens with zero attached hydrogens (tertiary/aromatic N) is 2. The smallest absolute Gasteiger partial charge is 0.175 e. The molecule has 1 atom stereocenters. The van der Waals surface area contributed by atoms with Crippen LogP contribution in [0.3, 0.4) is 0 Å². The summed E-state index contributed by atoms with van der Waals surface area (Å²) in [4.78, 5) is 12.3. The highest BCUT2D eigenvalue weighted by atomic mass is 32.2. The quantitative estimate of drug-likeness (QED) is 0.617. The second-order valence-electron chi connectivity index (χ2n) is 7.57. The van der Waals surface area contributed by atoms with Gasteiger partial charge < -0.3 is 5.32 Å². The Morgan fingerprint density at radius 3 is 2.50 bits per heavy atom. The minimum absolute atomic E-state index is 0.00689. The number of benzene rings is 1. The maximum absolute atomic E-state index is 11.7. The van der Waals surface area contributed by atoms with E-state index in [1.54, 1.807) is 12.1 Å². The van der Waals surface area contributed by atoms with Crippen molar-refractivity contribution in [3.05, 3.63) is 46.1 Å². The Labute approximate surface area is 170 Å². The molecule has 2 aromatic heterocycles. The van der Waals surface area contributed by atoms with Crippen LogP contribution in [0, 0.1) is 6.92 Å². The second-order valence-corrected chi connectivity index (χ2v) is 10.7. The lowest BCUT2D eigenvalue weighted by molar-refractivity contribution is 0.602. The van der Waals surface area contributed by atoms with Crippen LogP contribution in [0.2, 0.25) is 0 Å². The molecule has 0 amide bonds. The third-order valence-corrected chi connectivity index (χ3v) is 7.65. The molecule has 0 aliphatic heterocycles. The van der Waals surface area contributed by atoms with Crippen LogP contribution in [0.25, 0.3) is 10.2 Å². The summed E-state index contributed by atoms with van der Waals surface area (Å²) >= 11 is 1.81. The number of hydrogen-bond donors (Lipinski definition) is 1. The molecule has 0 fully saturated rings. The molecule has 1 aromatic carbocycles. The lowest BCUT2D eigenvalue weighted by Gasteiger charge is -2.17. The summed E-state index contributed by atoms with van der Waals surface area (Å²) in [5.74, 6) is 1.66. The molecule has 1 aliphatic carbocycles. The monoisotopic (exact) mass is 415 g/mol. The number of hydrogen-bond acceptors (Lipinski definition) is 6. The van der Waals surface area contributed by atoms with Gasteiger partial charge in [-0.15, -0.1) is 11.3 Å². The summed E-state index contributed by atoms with van der Waals surface area (Å²) < 4.78 is 23.4. The SMILES string of the molecule is Cc1nc(N[C@@H](C)c2ccc(S(C)(=O)=O)cc2)c2c3c(sc2n1)CCCCC3. The average molecular weight is 416 g/mol. The number of aromatic nitrogens is 2. The highest BCUT2D eigenvalue weighted by Gasteiger charge is 2.21. The van der Waals surface area contributed by atoms with Crippen LogP contribution >= 0.6 is 11.3 Å². The molecular weight excluding hydrogens is 390 g/mol. The highest BCUT2D eigenvalue weighted by molar-refractivity contribution is 7.90. The number of sulfone groups is 1. The average Bonchev–Trinajstić information content (AvgIpc) is 2.82. The number of nitrogens with one attached hydrogen (secondary N) is 1. The van der Waals surface area contributed by atoms with Gasteiger partial charge in [0.05, 0.1) is 10.3 Å². The number of anilines is 1. The van der Waals surface area contributed by atoms with Crippen LogP contribution in [0.15, 0.2) is 29.2 Å². The largest absolute Gasteiger partial charge is 0.363 e. The Morgan fingerprint density at radius 1 is 1.07 bits per heavy atom. The Kier molecular flexibility index (Phi) is 5.14. The number of fused-ring (bicyclic) bond motifs is 3. The van der Waals surface area contributed by atoms with Gasteiger partial charge in [-0.1, -0.05) is 18.6 Å². The van der Waals surface area contributed by atoms with Crippen molar-refractivity contribution in [2.24, 2.45) is 0 Å². The molecule has 4 rings (SSSR count). The van der Waals surface area contributed by atoms with Crippen molar-refractivity contribution in [1.29, 1.82) is 0 Å². The molecular formula is C21H25N3O2S2. The fourth-order valence-electron chi connectivity index (χ4n) is 3.84. The fraction of sp³-hybridized carbons (Fsp3) is 0.429. The van der Waals surface area contributed by atoms with Crippen molar-refractivity contribution in [2.75, 3.05) is 11.6 Å². The van der Waals surface area contributed by atoms with E-state index in [2.05, 4.69) is 12.2 Å². The zero-order valence-corrected chi connectivity index (χ0v) is 18.1. The molecule has 3 aromatic rings. The number of rotatable bonds is 4. The summed E-state index contributed by atoms with van der Waals surface area (Å²) in [6.07, 6.45) is 7.20. The molecule has 0 unspecified atom stereocenters. The third-order valence-electron chi connectivity index (χ3n) is 5.34. The van der Waals surface area contributed by atoms with Gasteiger partial charge in [0, 0.05) is 17.2 Å². The number of thiophene rings is 1. The van der Waals surface area contributed by atoms with Crippen LogP contribution in [-0.4, -0.2) is 24.6 Å². The Balaban J connectivity index is 1.70. The molecule has 0 radical (unpaired) electrons. The summed E-state index contributed by atoms with van der Waals surface area (Å²) in [7, 11) is -3.18. The van der Waals surface area contributed by atoms with Crippen molar-refractivity contribution in [3.8, 4) is 0 Å². The highest BCUT2D eigenvalue weighted by Crippen LogP contribution is 2.38. The molecule has 1 aliphatic rings. The van der Waals surface area contributed by atoms with Gasteiger partial charge in [0.1, 0.15) is 16.5 Å². The summed E-state index contributed by atoms with van der Waals surface area (Å²) in [6.45, 7) is 4.00. The van der Waals surface area contributed by atoms with Gasteiger partial charge >= 0.3 is 0 Å². The lowest BCUT2D eigenvalue weighted by atomic mass is 10.1.